The number of aliphatic hydroxyl groups is 1. The van der Waals surface area contributed by atoms with E-state index in [0.29, 0.717) is 63.1 Å². The van der Waals surface area contributed by atoms with E-state index in [1.807, 2.05) is 0 Å². The van der Waals surface area contributed by atoms with Crippen LogP contribution in [0, 0.1) is 0 Å². The van der Waals surface area contributed by atoms with Crippen LogP contribution in [0.1, 0.15) is 67.1 Å². The second-order valence-corrected chi connectivity index (χ2v) is 9.42. The minimum atomic E-state index is -4.75. The highest BCUT2D eigenvalue weighted by Crippen LogP contribution is 2.41. The Hall–Kier alpha value is -2.82. The molecule has 34 heavy (non-hydrogen) atoms. The van der Waals surface area contributed by atoms with Crippen LogP contribution in [-0.4, -0.2) is 69.7 Å². The van der Waals surface area contributed by atoms with Gasteiger partial charge < -0.3 is 24.2 Å². The molecule has 2 saturated heterocycles. The molecule has 8 nitrogen and oxygen atoms in total. The SMILES string of the molecule is O=C(N1CCC(O)CC1)N1CC(c2ccc(OC(F)(F)F)cc2)CC(c2nc(C3CC3)no2)C1. The third kappa shape index (κ3) is 5.29. The van der Waals surface area contributed by atoms with E-state index in [9.17, 15) is 23.1 Å². The van der Waals surface area contributed by atoms with Gasteiger partial charge in [-0.2, -0.15) is 4.98 Å². The van der Waals surface area contributed by atoms with Gasteiger partial charge in [0.15, 0.2) is 5.82 Å². The number of rotatable bonds is 4. The lowest BCUT2D eigenvalue weighted by atomic mass is 9.84. The summed E-state index contributed by atoms with van der Waals surface area (Å²) in [4.78, 5) is 21.4. The van der Waals surface area contributed by atoms with E-state index in [-0.39, 0.29) is 29.7 Å². The molecule has 1 aromatic heterocycles. The molecule has 3 fully saturated rings. The molecule has 1 aliphatic carbocycles. The summed E-state index contributed by atoms with van der Waals surface area (Å²) in [6.07, 6.45) is -1.33. The number of hydrogen-bond donors (Lipinski definition) is 1. The van der Waals surface area contributed by atoms with Gasteiger partial charge in [0.2, 0.25) is 5.89 Å². The molecule has 0 spiro atoms. The highest BCUT2D eigenvalue weighted by atomic mass is 19.4. The highest BCUT2D eigenvalue weighted by molar-refractivity contribution is 5.75. The number of aromatic nitrogens is 2. The first kappa shape index (κ1) is 22.9. The van der Waals surface area contributed by atoms with Crippen LogP contribution in [0.3, 0.4) is 0 Å². The first-order valence-electron chi connectivity index (χ1n) is 11.7. The Kier molecular flexibility index (Phi) is 6.13. The maximum atomic E-state index is 13.3. The van der Waals surface area contributed by atoms with Gasteiger partial charge in [0, 0.05) is 38.0 Å². The maximum Gasteiger partial charge on any atom is 0.573 e. The zero-order chi connectivity index (χ0) is 23.9. The lowest BCUT2D eigenvalue weighted by molar-refractivity contribution is -0.274. The highest BCUT2D eigenvalue weighted by Gasteiger charge is 2.38. The largest absolute Gasteiger partial charge is 0.573 e. The normalized spacial score (nSPS) is 24.4. The Morgan fingerprint density at radius 3 is 2.32 bits per heavy atom. The van der Waals surface area contributed by atoms with Crippen LogP contribution in [0.25, 0.3) is 0 Å². The second-order valence-electron chi connectivity index (χ2n) is 9.42. The first-order valence-corrected chi connectivity index (χ1v) is 11.7. The molecular formula is C23H27F3N4O4. The van der Waals surface area contributed by atoms with Crippen LogP contribution in [0.4, 0.5) is 18.0 Å². The molecule has 2 aliphatic heterocycles. The minimum Gasteiger partial charge on any atom is -0.406 e. The standard InChI is InChI=1S/C23H27F3N4O4/c24-23(25,26)33-19-5-3-14(4-6-19)16-11-17(21-27-20(28-34-21)15-1-2-15)13-30(12-16)22(32)29-9-7-18(31)8-10-29/h3-6,15-18,31H,1-2,7-13H2. The quantitative estimate of drug-likeness (QED) is 0.712. The van der Waals surface area contributed by atoms with E-state index in [1.165, 1.54) is 12.1 Å². The van der Waals surface area contributed by atoms with Gasteiger partial charge in [-0.25, -0.2) is 4.79 Å². The van der Waals surface area contributed by atoms with Gasteiger partial charge in [0.25, 0.3) is 0 Å². The number of carbonyl (C=O) groups excluding carboxylic acids is 1. The number of alkyl halides is 3. The van der Waals surface area contributed by atoms with Crippen LogP contribution in [0.5, 0.6) is 5.75 Å². The number of nitrogens with zero attached hydrogens (tertiary/aromatic N) is 4. The van der Waals surface area contributed by atoms with Crippen molar-refractivity contribution >= 4 is 6.03 Å². The maximum absolute atomic E-state index is 13.3. The predicted octanol–water partition coefficient (Wildman–Crippen LogP) is 4.00. The number of halogens is 3. The van der Waals surface area contributed by atoms with Crippen molar-refractivity contribution in [2.75, 3.05) is 26.2 Å². The van der Waals surface area contributed by atoms with Gasteiger partial charge >= 0.3 is 12.4 Å². The molecule has 0 radical (unpaired) electrons. The second kappa shape index (κ2) is 9.09. The predicted molar refractivity (Wildman–Crippen MR) is 113 cm³/mol. The van der Waals surface area contributed by atoms with Gasteiger partial charge in [-0.3, -0.25) is 0 Å². The summed E-state index contributed by atoms with van der Waals surface area (Å²) in [6, 6.07) is 5.69. The number of piperidine rings is 2. The third-order valence-corrected chi connectivity index (χ3v) is 6.79. The van der Waals surface area contributed by atoms with Crippen molar-refractivity contribution in [1.29, 1.82) is 0 Å². The van der Waals surface area contributed by atoms with Crippen molar-refractivity contribution < 1.29 is 32.3 Å². The number of likely N-dealkylation sites (tertiary alicyclic amines) is 2. The molecule has 3 aliphatic rings. The van der Waals surface area contributed by atoms with E-state index < -0.39 is 6.36 Å². The molecule has 184 valence electrons. The van der Waals surface area contributed by atoms with E-state index in [4.69, 9.17) is 4.52 Å². The van der Waals surface area contributed by atoms with E-state index in [1.54, 1.807) is 21.9 Å². The van der Waals surface area contributed by atoms with Gasteiger partial charge in [0.1, 0.15) is 5.75 Å². The van der Waals surface area contributed by atoms with Crippen molar-refractivity contribution in [2.45, 2.75) is 62.3 Å². The smallest absolute Gasteiger partial charge is 0.406 e. The average molecular weight is 480 g/mol. The van der Waals surface area contributed by atoms with Gasteiger partial charge in [0.05, 0.1) is 12.0 Å². The summed E-state index contributed by atoms with van der Waals surface area (Å²) >= 11 is 0. The van der Waals surface area contributed by atoms with Crippen LogP contribution in [0.15, 0.2) is 28.8 Å². The summed E-state index contributed by atoms with van der Waals surface area (Å²) in [6.45, 7) is 1.83. The molecule has 3 heterocycles. The topological polar surface area (TPSA) is 91.9 Å². The van der Waals surface area contributed by atoms with Crippen LogP contribution < -0.4 is 4.74 Å². The van der Waals surface area contributed by atoms with E-state index >= 15 is 0 Å². The summed E-state index contributed by atoms with van der Waals surface area (Å²) in [5, 5.41) is 13.9. The van der Waals surface area contributed by atoms with E-state index in [2.05, 4.69) is 14.9 Å². The van der Waals surface area contributed by atoms with Gasteiger partial charge in [-0.15, -0.1) is 13.2 Å². The van der Waals surface area contributed by atoms with Gasteiger partial charge in [-0.1, -0.05) is 17.3 Å². The molecular weight excluding hydrogens is 453 g/mol. The lowest BCUT2D eigenvalue weighted by Crippen LogP contribution is -2.51. The summed E-state index contributed by atoms with van der Waals surface area (Å²) in [5.41, 5.74) is 0.813. The Bertz CT molecular complexity index is 1000. The fraction of sp³-hybridized carbons (Fsp3) is 0.609. The molecule has 1 N–H and O–H groups in total. The zero-order valence-electron chi connectivity index (χ0n) is 18.6. The molecule has 2 amide bonds. The van der Waals surface area contributed by atoms with Crippen LogP contribution in [-0.2, 0) is 0 Å². The average Bonchev–Trinajstić information content (AvgIpc) is 3.54. The number of aliphatic hydroxyl groups excluding tert-OH is 1. The number of urea groups is 1. The molecule has 0 bridgehead atoms. The van der Waals surface area contributed by atoms with Crippen molar-refractivity contribution in [2.24, 2.45) is 0 Å². The molecule has 1 saturated carbocycles. The molecule has 2 aromatic rings. The number of amides is 2. The molecule has 1 aromatic carbocycles. The number of carbonyl (C=O) groups is 1. The fourth-order valence-electron chi connectivity index (χ4n) is 4.79. The zero-order valence-corrected chi connectivity index (χ0v) is 18.6. The van der Waals surface area contributed by atoms with Crippen molar-refractivity contribution in [3.05, 3.63) is 41.5 Å². The van der Waals surface area contributed by atoms with Crippen LogP contribution in [0.2, 0.25) is 0 Å². The van der Waals surface area contributed by atoms with Crippen molar-refractivity contribution in [3.8, 4) is 5.75 Å². The number of hydrogen-bond acceptors (Lipinski definition) is 6. The summed E-state index contributed by atoms with van der Waals surface area (Å²) in [7, 11) is 0. The number of benzene rings is 1. The molecule has 5 rings (SSSR count). The number of ether oxygens (including phenoxy) is 1. The van der Waals surface area contributed by atoms with Crippen LogP contribution >= 0.6 is 0 Å². The fourth-order valence-corrected chi connectivity index (χ4v) is 4.79. The lowest BCUT2D eigenvalue weighted by Gasteiger charge is -2.40. The molecule has 2 atom stereocenters. The van der Waals surface area contributed by atoms with Gasteiger partial charge in [-0.05, 0) is 49.8 Å². The molecule has 11 heteroatoms. The van der Waals surface area contributed by atoms with Crippen molar-refractivity contribution in [1.82, 2.24) is 19.9 Å². The van der Waals surface area contributed by atoms with Crippen molar-refractivity contribution in [3.63, 3.8) is 0 Å². The Balaban J connectivity index is 1.36. The Morgan fingerprint density at radius 1 is 1.00 bits per heavy atom. The minimum absolute atomic E-state index is 0.111. The summed E-state index contributed by atoms with van der Waals surface area (Å²) in [5.74, 6) is 0.965. The molecule has 2 unspecified atom stereocenters. The third-order valence-electron chi connectivity index (χ3n) is 6.79. The van der Waals surface area contributed by atoms with E-state index in [0.717, 1.165) is 18.4 Å². The summed E-state index contributed by atoms with van der Waals surface area (Å²) < 4.78 is 47.1. The Labute approximate surface area is 194 Å². The Morgan fingerprint density at radius 2 is 1.68 bits per heavy atom. The monoisotopic (exact) mass is 480 g/mol. The first-order chi connectivity index (χ1) is 16.2.